The predicted octanol–water partition coefficient (Wildman–Crippen LogP) is 0.0501. The van der Waals surface area contributed by atoms with Crippen molar-refractivity contribution in [2.24, 2.45) is 5.84 Å². The average molecular weight is 290 g/mol. The number of rotatable bonds is 4. The number of nitrogens with two attached hydrogens (primary N) is 2. The van der Waals surface area contributed by atoms with Gasteiger partial charge in [-0.15, -0.1) is 0 Å². The number of nitrogens with one attached hydrogen (secondary N) is 1. The van der Waals surface area contributed by atoms with Gasteiger partial charge >= 0.3 is 0 Å². The normalized spacial score (nSPS) is 10.4. The van der Waals surface area contributed by atoms with Gasteiger partial charge in [-0.1, -0.05) is 12.1 Å². The number of hydrogen-bond acceptors (Lipinski definition) is 7. The van der Waals surface area contributed by atoms with Gasteiger partial charge in [0.2, 0.25) is 5.95 Å². The van der Waals surface area contributed by atoms with Gasteiger partial charge < -0.3 is 5.84 Å². The van der Waals surface area contributed by atoms with Gasteiger partial charge in [0.05, 0.1) is 10.6 Å². The molecular formula is C12H14N6O3. The smallest absolute Gasteiger partial charge is 0.277 e. The van der Waals surface area contributed by atoms with E-state index in [-0.39, 0.29) is 18.1 Å². The second-order valence-electron chi connectivity index (χ2n) is 4.42. The van der Waals surface area contributed by atoms with Crippen LogP contribution in [0.2, 0.25) is 0 Å². The minimum atomic E-state index is -0.481. The minimum Gasteiger partial charge on any atom is -0.333 e. The van der Waals surface area contributed by atoms with Crippen molar-refractivity contribution in [2.75, 3.05) is 11.3 Å². The number of aryl methyl sites for hydroxylation is 1. The minimum absolute atomic E-state index is 0.00693. The second-order valence-corrected chi connectivity index (χ2v) is 4.42. The van der Waals surface area contributed by atoms with Crippen LogP contribution in [0.3, 0.4) is 0 Å². The lowest BCUT2D eigenvalue weighted by molar-refractivity contribution is -0.384. The summed E-state index contributed by atoms with van der Waals surface area (Å²) >= 11 is 0. The Kier molecular flexibility index (Phi) is 3.85. The van der Waals surface area contributed by atoms with E-state index in [4.69, 9.17) is 11.7 Å². The molecule has 0 spiro atoms. The van der Waals surface area contributed by atoms with E-state index >= 15 is 0 Å². The summed E-state index contributed by atoms with van der Waals surface area (Å²) in [6.45, 7) is 1.67. The molecule has 0 aliphatic heterocycles. The van der Waals surface area contributed by atoms with Gasteiger partial charge in [-0.25, -0.2) is 10.8 Å². The van der Waals surface area contributed by atoms with E-state index in [2.05, 4.69) is 10.4 Å². The second kappa shape index (κ2) is 5.59. The van der Waals surface area contributed by atoms with Gasteiger partial charge in [0, 0.05) is 24.1 Å². The molecule has 0 saturated carbocycles. The third-order valence-electron chi connectivity index (χ3n) is 3.07. The highest BCUT2D eigenvalue weighted by Gasteiger charge is 2.13. The molecule has 0 radical (unpaired) electrons. The van der Waals surface area contributed by atoms with E-state index in [9.17, 15) is 14.9 Å². The standard InChI is InChI=1S/C12H14N6O3/c1-7-10(11(19)17(14)12(15-7)16-13)6-8-2-4-9(5-3-8)18(20)21/h2-5H,6,13-14H2,1H3,(H,15,16). The van der Waals surface area contributed by atoms with Crippen LogP contribution < -0.4 is 22.7 Å². The quantitative estimate of drug-likeness (QED) is 0.410. The molecule has 9 nitrogen and oxygen atoms in total. The Balaban J connectivity index is 2.38. The Morgan fingerprint density at radius 1 is 1.38 bits per heavy atom. The predicted molar refractivity (Wildman–Crippen MR) is 77.1 cm³/mol. The van der Waals surface area contributed by atoms with Crippen LogP contribution in [0.25, 0.3) is 0 Å². The fraction of sp³-hybridized carbons (Fsp3) is 0.167. The fourth-order valence-electron chi connectivity index (χ4n) is 1.92. The average Bonchev–Trinajstić information content (AvgIpc) is 2.47. The van der Waals surface area contributed by atoms with Gasteiger partial charge in [0.25, 0.3) is 11.2 Å². The van der Waals surface area contributed by atoms with Gasteiger partial charge in [0.1, 0.15) is 0 Å². The molecule has 1 heterocycles. The summed E-state index contributed by atoms with van der Waals surface area (Å²) in [5, 5.41) is 10.6. The summed E-state index contributed by atoms with van der Waals surface area (Å²) in [6.07, 6.45) is 0.276. The molecule has 0 aliphatic carbocycles. The molecule has 0 bridgehead atoms. The lowest BCUT2D eigenvalue weighted by Gasteiger charge is -2.11. The molecule has 2 rings (SSSR count). The highest BCUT2D eigenvalue weighted by molar-refractivity contribution is 5.37. The van der Waals surface area contributed by atoms with Crippen LogP contribution in [0.4, 0.5) is 11.6 Å². The first kappa shape index (κ1) is 14.5. The highest BCUT2D eigenvalue weighted by Crippen LogP contribution is 2.15. The first-order valence-corrected chi connectivity index (χ1v) is 6.01. The fourth-order valence-corrected chi connectivity index (χ4v) is 1.92. The molecule has 21 heavy (non-hydrogen) atoms. The lowest BCUT2D eigenvalue weighted by Crippen LogP contribution is -2.35. The maximum Gasteiger partial charge on any atom is 0.277 e. The number of hydrazine groups is 1. The molecule has 2 aromatic rings. The third-order valence-corrected chi connectivity index (χ3v) is 3.07. The molecule has 9 heteroatoms. The van der Waals surface area contributed by atoms with Crippen LogP contribution in [-0.4, -0.2) is 14.6 Å². The van der Waals surface area contributed by atoms with E-state index in [0.717, 1.165) is 10.2 Å². The number of nitro benzene ring substituents is 1. The number of nitro groups is 1. The summed E-state index contributed by atoms with van der Waals surface area (Å²) in [5.74, 6) is 10.9. The largest absolute Gasteiger partial charge is 0.333 e. The van der Waals surface area contributed by atoms with Gasteiger partial charge in [-0.05, 0) is 12.5 Å². The van der Waals surface area contributed by atoms with E-state index in [1.807, 2.05) is 0 Å². The highest BCUT2D eigenvalue weighted by atomic mass is 16.6. The molecule has 1 aromatic heterocycles. The van der Waals surface area contributed by atoms with Crippen molar-refractivity contribution >= 4 is 11.6 Å². The van der Waals surface area contributed by atoms with E-state index in [1.54, 1.807) is 19.1 Å². The van der Waals surface area contributed by atoms with Crippen LogP contribution in [-0.2, 0) is 6.42 Å². The lowest BCUT2D eigenvalue weighted by atomic mass is 10.0. The molecular weight excluding hydrogens is 276 g/mol. The van der Waals surface area contributed by atoms with Crippen molar-refractivity contribution in [2.45, 2.75) is 13.3 Å². The Hall–Kier alpha value is -2.94. The van der Waals surface area contributed by atoms with Crippen LogP contribution in [0.1, 0.15) is 16.8 Å². The van der Waals surface area contributed by atoms with Crippen LogP contribution in [0.15, 0.2) is 29.1 Å². The van der Waals surface area contributed by atoms with Crippen molar-refractivity contribution in [3.05, 3.63) is 61.6 Å². The molecule has 110 valence electrons. The molecule has 0 unspecified atom stereocenters. The maximum atomic E-state index is 12.1. The van der Waals surface area contributed by atoms with Gasteiger partial charge in [0.15, 0.2) is 0 Å². The van der Waals surface area contributed by atoms with Crippen LogP contribution in [0.5, 0.6) is 0 Å². The van der Waals surface area contributed by atoms with Gasteiger partial charge in [-0.3, -0.25) is 20.3 Å². The Morgan fingerprint density at radius 3 is 2.52 bits per heavy atom. The van der Waals surface area contributed by atoms with Crippen molar-refractivity contribution in [1.29, 1.82) is 0 Å². The number of aromatic nitrogens is 2. The van der Waals surface area contributed by atoms with Crippen molar-refractivity contribution < 1.29 is 4.92 Å². The number of anilines is 1. The molecule has 0 amide bonds. The molecule has 0 aliphatic rings. The van der Waals surface area contributed by atoms with Crippen molar-refractivity contribution in [3.8, 4) is 0 Å². The monoisotopic (exact) mass is 290 g/mol. The molecule has 0 fully saturated rings. The number of non-ortho nitro benzene ring substituents is 1. The topological polar surface area (TPSA) is 142 Å². The SMILES string of the molecule is Cc1nc(NN)n(N)c(=O)c1Cc1ccc([N+](=O)[O-])cc1. The Labute approximate surface area is 119 Å². The zero-order valence-corrected chi connectivity index (χ0v) is 11.2. The number of nitrogen functional groups attached to an aromatic ring is 2. The maximum absolute atomic E-state index is 12.1. The molecule has 0 atom stereocenters. The first-order chi connectivity index (χ1) is 9.93. The summed E-state index contributed by atoms with van der Waals surface area (Å²) in [4.78, 5) is 26.4. The molecule has 5 N–H and O–H groups in total. The third kappa shape index (κ3) is 2.82. The van der Waals surface area contributed by atoms with Crippen LogP contribution in [0, 0.1) is 17.0 Å². The van der Waals surface area contributed by atoms with E-state index in [1.165, 1.54) is 12.1 Å². The Bertz CT molecular complexity index is 738. The summed E-state index contributed by atoms with van der Waals surface area (Å²) < 4.78 is 0.827. The van der Waals surface area contributed by atoms with Crippen molar-refractivity contribution in [3.63, 3.8) is 0 Å². The van der Waals surface area contributed by atoms with Crippen molar-refractivity contribution in [1.82, 2.24) is 9.66 Å². The van der Waals surface area contributed by atoms with E-state index in [0.29, 0.717) is 11.3 Å². The molecule has 1 aromatic carbocycles. The van der Waals surface area contributed by atoms with E-state index < -0.39 is 10.5 Å². The Morgan fingerprint density at radius 2 is 2.00 bits per heavy atom. The number of benzene rings is 1. The number of nitrogens with zero attached hydrogens (tertiary/aromatic N) is 3. The zero-order chi connectivity index (χ0) is 15.6. The first-order valence-electron chi connectivity index (χ1n) is 6.01. The van der Waals surface area contributed by atoms with Gasteiger partial charge in [-0.2, -0.15) is 4.68 Å². The van der Waals surface area contributed by atoms with Crippen LogP contribution >= 0.6 is 0 Å². The summed E-state index contributed by atoms with van der Waals surface area (Å²) in [7, 11) is 0. The number of hydrogen-bond donors (Lipinski definition) is 3. The zero-order valence-electron chi connectivity index (χ0n) is 11.2. The summed E-state index contributed by atoms with van der Waals surface area (Å²) in [5.41, 5.74) is 3.46. The summed E-state index contributed by atoms with van der Waals surface area (Å²) in [6, 6.07) is 5.95. The molecule has 0 saturated heterocycles.